The van der Waals surface area contributed by atoms with Crippen LogP contribution in [0.15, 0.2) is 28.8 Å². The molecule has 0 aliphatic carbocycles. The molecule has 0 rings (SSSR count). The molecular weight excluding hydrogens is 124 g/mol. The molecule has 0 unspecified atom stereocenters. The first-order valence-electron chi connectivity index (χ1n) is 3.13. The molecule has 0 aromatic heterocycles. The summed E-state index contributed by atoms with van der Waals surface area (Å²) in [6.07, 6.45) is 8.41. The fraction of sp³-hybridized carbons (Fsp3) is 0.250. The van der Waals surface area contributed by atoms with Gasteiger partial charge >= 0.3 is 0 Å². The van der Waals surface area contributed by atoms with Crippen LogP contribution >= 0.6 is 0 Å². The highest BCUT2D eigenvalue weighted by Crippen LogP contribution is 1.91. The second-order valence-electron chi connectivity index (χ2n) is 1.84. The average Bonchev–Trinajstić information content (AvgIpc) is 1.89. The zero-order chi connectivity index (χ0) is 7.82. The molecule has 1 N–H and O–H groups in total. The van der Waals surface area contributed by atoms with Crippen molar-refractivity contribution in [3.05, 3.63) is 23.8 Å². The number of nitrogens with one attached hydrogen (secondary N) is 1. The zero-order valence-electron chi connectivity index (χ0n) is 6.33. The summed E-state index contributed by atoms with van der Waals surface area (Å²) in [6, 6.07) is 0. The first kappa shape index (κ1) is 8.82. The van der Waals surface area contributed by atoms with Gasteiger partial charge in [0.2, 0.25) is 0 Å². The third-order valence-corrected chi connectivity index (χ3v) is 0.928. The van der Waals surface area contributed by atoms with E-state index in [1.54, 1.807) is 6.21 Å². The van der Waals surface area contributed by atoms with Gasteiger partial charge in [0.1, 0.15) is 6.34 Å². The van der Waals surface area contributed by atoms with Crippen molar-refractivity contribution in [3.63, 3.8) is 0 Å². The van der Waals surface area contributed by atoms with E-state index in [1.165, 1.54) is 0 Å². The Hall–Kier alpha value is -1.18. The van der Waals surface area contributed by atoms with E-state index >= 15 is 0 Å². The van der Waals surface area contributed by atoms with Gasteiger partial charge in [-0.25, -0.2) is 4.99 Å². The molecule has 0 saturated carbocycles. The van der Waals surface area contributed by atoms with Gasteiger partial charge in [-0.3, -0.25) is 5.41 Å². The summed E-state index contributed by atoms with van der Waals surface area (Å²) in [5.74, 6) is 0. The Kier molecular flexibility index (Phi) is 5.25. The molecular formula is C8H12N2. The van der Waals surface area contributed by atoms with Gasteiger partial charge in [-0.15, -0.1) is 0 Å². The minimum atomic E-state index is 1.01. The molecule has 0 bridgehead atoms. The lowest BCUT2D eigenvalue weighted by atomic mass is 10.3. The predicted octanol–water partition coefficient (Wildman–Crippen LogP) is 2.19. The van der Waals surface area contributed by atoms with E-state index < -0.39 is 0 Å². The third kappa shape index (κ3) is 4.97. The van der Waals surface area contributed by atoms with Crippen LogP contribution in [0.2, 0.25) is 0 Å². The zero-order valence-corrected chi connectivity index (χ0v) is 6.33. The maximum Gasteiger partial charge on any atom is 0.106 e. The van der Waals surface area contributed by atoms with Gasteiger partial charge < -0.3 is 0 Å². The van der Waals surface area contributed by atoms with Crippen molar-refractivity contribution >= 4 is 12.6 Å². The van der Waals surface area contributed by atoms with Gasteiger partial charge in [0.05, 0.1) is 0 Å². The molecule has 10 heavy (non-hydrogen) atoms. The van der Waals surface area contributed by atoms with Gasteiger partial charge in [0, 0.05) is 6.21 Å². The molecule has 0 aliphatic heterocycles. The lowest BCUT2D eigenvalue weighted by Crippen LogP contribution is -1.70. The summed E-state index contributed by atoms with van der Waals surface area (Å²) in [4.78, 5) is 3.60. The second kappa shape index (κ2) is 5.95. The minimum absolute atomic E-state index is 1.01. The number of nitrogens with zero attached hydrogens (tertiary/aromatic N) is 1. The Morgan fingerprint density at radius 2 is 2.20 bits per heavy atom. The molecule has 0 heterocycles. The fourth-order valence-electron chi connectivity index (χ4n) is 0.522. The number of aliphatic imine (C=N–C) groups is 1. The average molecular weight is 136 g/mol. The van der Waals surface area contributed by atoms with Crippen molar-refractivity contribution in [1.29, 1.82) is 5.41 Å². The lowest BCUT2D eigenvalue weighted by molar-refractivity contribution is 1.50. The molecule has 0 aliphatic rings. The first-order valence-corrected chi connectivity index (χ1v) is 3.13. The van der Waals surface area contributed by atoms with Crippen molar-refractivity contribution < 1.29 is 0 Å². The van der Waals surface area contributed by atoms with Crippen LogP contribution in [0.5, 0.6) is 0 Å². The Balaban J connectivity index is 3.90. The van der Waals surface area contributed by atoms with Crippen LogP contribution in [0.3, 0.4) is 0 Å². The standard InChI is InChI=1S/C8H12N2/c1-3-4-8(2)5-6-10-7-9/h3-7,9H,1-2H3/b4-3-,8-5+,9-7?,10-6?. The molecule has 0 aromatic carbocycles. The van der Waals surface area contributed by atoms with E-state index in [0.717, 1.165) is 11.9 Å². The maximum atomic E-state index is 6.58. The van der Waals surface area contributed by atoms with Crippen LogP contribution in [-0.4, -0.2) is 12.6 Å². The molecule has 0 saturated heterocycles. The highest BCUT2D eigenvalue weighted by molar-refractivity contribution is 5.79. The molecule has 2 heteroatoms. The number of rotatable bonds is 3. The Bertz CT molecular complexity index is 176. The second-order valence-corrected chi connectivity index (χ2v) is 1.84. The number of hydrogen-bond acceptors (Lipinski definition) is 1. The molecule has 2 nitrogen and oxygen atoms in total. The van der Waals surface area contributed by atoms with Crippen LogP contribution < -0.4 is 0 Å². The van der Waals surface area contributed by atoms with Crippen molar-refractivity contribution in [1.82, 2.24) is 0 Å². The number of allylic oxidation sites excluding steroid dienone is 4. The van der Waals surface area contributed by atoms with E-state index in [9.17, 15) is 0 Å². The quantitative estimate of drug-likeness (QED) is 0.351. The summed E-state index contributed by atoms with van der Waals surface area (Å²) in [5, 5.41) is 6.58. The van der Waals surface area contributed by atoms with Crippen LogP contribution in [0.25, 0.3) is 0 Å². The van der Waals surface area contributed by atoms with Crippen LogP contribution in [-0.2, 0) is 0 Å². The molecule has 0 radical (unpaired) electrons. The summed E-state index contributed by atoms with van der Waals surface area (Å²) in [5.41, 5.74) is 1.13. The molecule has 54 valence electrons. The highest BCUT2D eigenvalue weighted by atomic mass is 14.7. The topological polar surface area (TPSA) is 36.2 Å². The lowest BCUT2D eigenvalue weighted by Gasteiger charge is -1.83. The number of hydrogen-bond donors (Lipinski definition) is 1. The van der Waals surface area contributed by atoms with Crippen LogP contribution in [0, 0.1) is 5.41 Å². The molecule has 0 fully saturated rings. The van der Waals surface area contributed by atoms with E-state index in [4.69, 9.17) is 5.41 Å². The largest absolute Gasteiger partial charge is 0.290 e. The Morgan fingerprint density at radius 1 is 1.50 bits per heavy atom. The van der Waals surface area contributed by atoms with Crippen molar-refractivity contribution in [2.45, 2.75) is 13.8 Å². The van der Waals surface area contributed by atoms with Gasteiger partial charge in [0.25, 0.3) is 0 Å². The van der Waals surface area contributed by atoms with Crippen molar-refractivity contribution in [2.24, 2.45) is 4.99 Å². The molecule has 0 atom stereocenters. The summed E-state index contributed by atoms with van der Waals surface area (Å²) >= 11 is 0. The van der Waals surface area contributed by atoms with E-state index in [0.29, 0.717) is 0 Å². The van der Waals surface area contributed by atoms with Gasteiger partial charge in [-0.05, 0) is 25.5 Å². The minimum Gasteiger partial charge on any atom is -0.290 e. The fourth-order valence-corrected chi connectivity index (χ4v) is 0.522. The van der Waals surface area contributed by atoms with Crippen LogP contribution in [0.4, 0.5) is 0 Å². The third-order valence-electron chi connectivity index (χ3n) is 0.928. The summed E-state index contributed by atoms with van der Waals surface area (Å²) < 4.78 is 0. The highest BCUT2D eigenvalue weighted by Gasteiger charge is 1.73. The maximum absolute atomic E-state index is 6.58. The SMILES string of the molecule is C/C=C\C(C)=C\C=NC=N. The molecule has 0 aromatic rings. The normalized spacial score (nSPS) is 13.2. The summed E-state index contributed by atoms with van der Waals surface area (Å²) in [6.45, 7) is 3.95. The van der Waals surface area contributed by atoms with Gasteiger partial charge in [-0.2, -0.15) is 0 Å². The summed E-state index contributed by atoms with van der Waals surface area (Å²) in [7, 11) is 0. The van der Waals surface area contributed by atoms with Crippen LogP contribution in [0.1, 0.15) is 13.8 Å². The Morgan fingerprint density at radius 3 is 2.70 bits per heavy atom. The van der Waals surface area contributed by atoms with Crippen molar-refractivity contribution in [3.8, 4) is 0 Å². The smallest absolute Gasteiger partial charge is 0.106 e. The monoisotopic (exact) mass is 136 g/mol. The Labute approximate surface area is 61.5 Å². The molecule has 0 amide bonds. The molecule has 0 spiro atoms. The van der Waals surface area contributed by atoms with Gasteiger partial charge in [0.15, 0.2) is 0 Å². The van der Waals surface area contributed by atoms with Crippen molar-refractivity contribution in [2.75, 3.05) is 0 Å². The van der Waals surface area contributed by atoms with Gasteiger partial charge in [-0.1, -0.05) is 12.2 Å². The predicted molar refractivity (Wildman–Crippen MR) is 45.8 cm³/mol. The van der Waals surface area contributed by atoms with E-state index in [2.05, 4.69) is 4.99 Å². The van der Waals surface area contributed by atoms with E-state index in [-0.39, 0.29) is 0 Å². The van der Waals surface area contributed by atoms with E-state index in [1.807, 2.05) is 32.1 Å². The first-order chi connectivity index (χ1) is 4.81.